The van der Waals surface area contributed by atoms with E-state index in [9.17, 15) is 4.79 Å². The summed E-state index contributed by atoms with van der Waals surface area (Å²) < 4.78 is 0. The van der Waals surface area contributed by atoms with E-state index in [1.54, 1.807) is 12.1 Å². The second kappa shape index (κ2) is 5.94. The van der Waals surface area contributed by atoms with E-state index in [0.29, 0.717) is 17.0 Å². The Bertz CT molecular complexity index is 525. The van der Waals surface area contributed by atoms with Crippen molar-refractivity contribution in [2.24, 2.45) is 5.92 Å². The fourth-order valence-electron chi connectivity index (χ4n) is 2.48. The van der Waals surface area contributed by atoms with Crippen LogP contribution in [0, 0.1) is 17.2 Å². The van der Waals surface area contributed by atoms with Crippen LogP contribution in [0.15, 0.2) is 18.2 Å². The molecule has 1 aromatic carbocycles. The first kappa shape index (κ1) is 13.7. The van der Waals surface area contributed by atoms with Crippen molar-refractivity contribution in [3.63, 3.8) is 0 Å². The Balaban J connectivity index is 2.05. The molecule has 0 radical (unpaired) electrons. The largest absolute Gasteiger partial charge is 0.481 e. The van der Waals surface area contributed by atoms with E-state index in [1.165, 1.54) is 0 Å². The lowest BCUT2D eigenvalue weighted by atomic mass is 9.85. The molecule has 1 aliphatic rings. The van der Waals surface area contributed by atoms with Crippen molar-refractivity contribution in [1.82, 2.24) is 0 Å². The number of nitrogens with zero attached hydrogens (tertiary/aromatic N) is 1. The van der Waals surface area contributed by atoms with Gasteiger partial charge in [0.2, 0.25) is 0 Å². The maximum atomic E-state index is 11.0. The smallest absolute Gasteiger partial charge is 0.306 e. The third kappa shape index (κ3) is 3.39. The summed E-state index contributed by atoms with van der Waals surface area (Å²) >= 11 is 5.88. The number of benzene rings is 1. The van der Waals surface area contributed by atoms with E-state index in [0.717, 1.165) is 24.9 Å². The van der Waals surface area contributed by atoms with Gasteiger partial charge in [0.25, 0.3) is 0 Å². The van der Waals surface area contributed by atoms with Crippen LogP contribution < -0.4 is 5.32 Å². The molecule has 100 valence electrons. The maximum absolute atomic E-state index is 11.0. The predicted octanol–water partition coefficient (Wildman–Crippen LogP) is 3.27. The highest BCUT2D eigenvalue weighted by molar-refractivity contribution is 6.31. The summed E-state index contributed by atoms with van der Waals surface area (Å²) in [4.78, 5) is 11.0. The van der Waals surface area contributed by atoms with Gasteiger partial charge < -0.3 is 10.4 Å². The first-order valence-electron chi connectivity index (χ1n) is 6.29. The van der Waals surface area contributed by atoms with E-state index in [-0.39, 0.29) is 12.0 Å². The van der Waals surface area contributed by atoms with Gasteiger partial charge in [0.1, 0.15) is 6.07 Å². The number of aliphatic carboxylic acids is 1. The van der Waals surface area contributed by atoms with Crippen molar-refractivity contribution >= 4 is 23.3 Å². The standard InChI is InChI=1S/C14H15ClN2O2/c15-13-5-4-12(7-10(13)8-16)17-11-3-1-2-9(6-11)14(18)19/h4-5,7,9,11,17H,1-3,6H2,(H,18,19). The molecule has 0 amide bonds. The number of carboxylic acids is 1. The van der Waals surface area contributed by atoms with Crippen LogP contribution >= 0.6 is 11.6 Å². The van der Waals surface area contributed by atoms with Gasteiger partial charge in [-0.1, -0.05) is 18.0 Å². The van der Waals surface area contributed by atoms with E-state index in [1.807, 2.05) is 12.1 Å². The quantitative estimate of drug-likeness (QED) is 0.890. The molecule has 0 heterocycles. The molecule has 0 saturated heterocycles. The van der Waals surface area contributed by atoms with Crippen LogP contribution in [-0.4, -0.2) is 17.1 Å². The van der Waals surface area contributed by atoms with Crippen LogP contribution in [-0.2, 0) is 4.79 Å². The van der Waals surface area contributed by atoms with Gasteiger partial charge in [-0.15, -0.1) is 0 Å². The number of anilines is 1. The molecule has 1 aromatic rings. The Kier molecular flexibility index (Phi) is 4.28. The first-order chi connectivity index (χ1) is 9.10. The van der Waals surface area contributed by atoms with E-state index >= 15 is 0 Å². The van der Waals surface area contributed by atoms with Crippen molar-refractivity contribution in [1.29, 1.82) is 5.26 Å². The number of carboxylic acid groups (broad SMARTS) is 1. The lowest BCUT2D eigenvalue weighted by molar-refractivity contribution is -0.142. The summed E-state index contributed by atoms with van der Waals surface area (Å²) in [6.07, 6.45) is 3.24. The number of hydrogen-bond acceptors (Lipinski definition) is 3. The van der Waals surface area contributed by atoms with Gasteiger partial charge in [-0.05, 0) is 37.5 Å². The normalized spacial score (nSPS) is 22.5. The molecule has 0 aliphatic heterocycles. The molecule has 2 N–H and O–H groups in total. The maximum Gasteiger partial charge on any atom is 0.306 e. The number of hydrogen-bond donors (Lipinski definition) is 2. The van der Waals surface area contributed by atoms with Crippen LogP contribution in [0.4, 0.5) is 5.69 Å². The third-order valence-corrected chi connectivity index (χ3v) is 3.81. The molecule has 2 rings (SSSR count). The lowest BCUT2D eigenvalue weighted by Crippen LogP contribution is -2.30. The minimum absolute atomic E-state index is 0.141. The first-order valence-corrected chi connectivity index (χ1v) is 6.67. The fourth-order valence-corrected chi connectivity index (χ4v) is 2.64. The average Bonchev–Trinajstić information content (AvgIpc) is 2.41. The number of halogens is 1. The minimum Gasteiger partial charge on any atom is -0.481 e. The topological polar surface area (TPSA) is 73.1 Å². The molecular formula is C14H15ClN2O2. The van der Waals surface area contributed by atoms with Gasteiger partial charge in [-0.25, -0.2) is 0 Å². The lowest BCUT2D eigenvalue weighted by Gasteiger charge is -2.28. The molecule has 0 aromatic heterocycles. The summed E-state index contributed by atoms with van der Waals surface area (Å²) in [5.74, 6) is -0.991. The van der Waals surface area contributed by atoms with E-state index in [4.69, 9.17) is 22.0 Å². The van der Waals surface area contributed by atoms with Crippen molar-refractivity contribution in [2.45, 2.75) is 31.7 Å². The molecular weight excluding hydrogens is 264 g/mol. The van der Waals surface area contributed by atoms with Gasteiger partial charge in [-0.3, -0.25) is 4.79 Å². The average molecular weight is 279 g/mol. The third-order valence-electron chi connectivity index (χ3n) is 3.48. The summed E-state index contributed by atoms with van der Waals surface area (Å²) in [6, 6.07) is 7.37. The molecule has 5 heteroatoms. The van der Waals surface area contributed by atoms with Gasteiger partial charge >= 0.3 is 5.97 Å². The number of carbonyl (C=O) groups is 1. The SMILES string of the molecule is N#Cc1cc(NC2CCCC(C(=O)O)C2)ccc1Cl. The Hall–Kier alpha value is -1.73. The van der Waals surface area contributed by atoms with Gasteiger partial charge in [0.15, 0.2) is 0 Å². The molecule has 4 nitrogen and oxygen atoms in total. The van der Waals surface area contributed by atoms with Crippen molar-refractivity contribution in [3.8, 4) is 6.07 Å². The van der Waals surface area contributed by atoms with Crippen LogP contribution in [0.2, 0.25) is 5.02 Å². The van der Waals surface area contributed by atoms with Crippen molar-refractivity contribution < 1.29 is 9.90 Å². The molecule has 1 aliphatic carbocycles. The van der Waals surface area contributed by atoms with E-state index < -0.39 is 5.97 Å². The van der Waals surface area contributed by atoms with E-state index in [2.05, 4.69) is 5.32 Å². The second-order valence-corrected chi connectivity index (χ2v) is 5.26. The molecule has 19 heavy (non-hydrogen) atoms. The fraction of sp³-hybridized carbons (Fsp3) is 0.429. The summed E-state index contributed by atoms with van der Waals surface area (Å²) in [5, 5.41) is 21.7. The molecule has 2 unspecified atom stereocenters. The van der Waals surface area contributed by atoms with Gasteiger partial charge in [0, 0.05) is 11.7 Å². The van der Waals surface area contributed by atoms with Crippen molar-refractivity contribution in [3.05, 3.63) is 28.8 Å². The molecule has 1 fully saturated rings. The van der Waals surface area contributed by atoms with Crippen LogP contribution in [0.3, 0.4) is 0 Å². The Morgan fingerprint density at radius 2 is 2.26 bits per heavy atom. The number of rotatable bonds is 3. The highest BCUT2D eigenvalue weighted by Gasteiger charge is 2.26. The molecule has 2 atom stereocenters. The zero-order valence-corrected chi connectivity index (χ0v) is 11.2. The summed E-state index contributed by atoms with van der Waals surface area (Å²) in [7, 11) is 0. The Morgan fingerprint density at radius 3 is 2.95 bits per heavy atom. The number of nitrogens with one attached hydrogen (secondary N) is 1. The highest BCUT2D eigenvalue weighted by atomic mass is 35.5. The summed E-state index contributed by atoms with van der Waals surface area (Å²) in [6.45, 7) is 0. The van der Waals surface area contributed by atoms with Crippen LogP contribution in [0.5, 0.6) is 0 Å². The molecule has 1 saturated carbocycles. The minimum atomic E-state index is -0.722. The van der Waals surface area contributed by atoms with Gasteiger partial charge in [0.05, 0.1) is 16.5 Å². The molecule has 0 bridgehead atoms. The Labute approximate surface area is 117 Å². The summed E-state index contributed by atoms with van der Waals surface area (Å²) in [5.41, 5.74) is 1.24. The molecule has 0 spiro atoms. The Morgan fingerprint density at radius 1 is 1.47 bits per heavy atom. The van der Waals surface area contributed by atoms with Gasteiger partial charge in [-0.2, -0.15) is 5.26 Å². The zero-order valence-electron chi connectivity index (χ0n) is 10.4. The monoisotopic (exact) mass is 278 g/mol. The highest BCUT2D eigenvalue weighted by Crippen LogP contribution is 2.28. The van der Waals surface area contributed by atoms with Crippen LogP contribution in [0.25, 0.3) is 0 Å². The predicted molar refractivity (Wildman–Crippen MR) is 73.2 cm³/mol. The van der Waals surface area contributed by atoms with Crippen molar-refractivity contribution in [2.75, 3.05) is 5.32 Å². The zero-order chi connectivity index (χ0) is 13.8. The second-order valence-electron chi connectivity index (χ2n) is 4.85. The van der Waals surface area contributed by atoms with Crippen LogP contribution in [0.1, 0.15) is 31.2 Å². The number of nitriles is 1.